The van der Waals surface area contributed by atoms with Gasteiger partial charge in [0.05, 0.1) is 0 Å². The minimum atomic E-state index is -0.0307. The van der Waals surface area contributed by atoms with E-state index in [4.69, 9.17) is 0 Å². The predicted octanol–water partition coefficient (Wildman–Crippen LogP) is 4.37. The highest BCUT2D eigenvalue weighted by Crippen LogP contribution is 2.16. The van der Waals surface area contributed by atoms with Crippen molar-refractivity contribution >= 4 is 16.7 Å². The molecule has 132 valence electrons. The number of likely N-dealkylation sites (tertiary alicyclic amines) is 1. The summed E-state index contributed by atoms with van der Waals surface area (Å²) in [5.74, 6) is -0.0307. The summed E-state index contributed by atoms with van der Waals surface area (Å²) in [6.45, 7) is 4.01. The number of amides is 1. The third-order valence-electron chi connectivity index (χ3n) is 5.09. The number of benzene rings is 3. The van der Waals surface area contributed by atoms with Crippen LogP contribution < -0.4 is 5.32 Å². The zero-order chi connectivity index (χ0) is 17.8. The first-order chi connectivity index (χ1) is 12.8. The highest BCUT2D eigenvalue weighted by Gasteiger charge is 2.11. The molecule has 1 saturated heterocycles. The van der Waals surface area contributed by atoms with E-state index in [0.717, 1.165) is 22.9 Å². The summed E-state index contributed by atoms with van der Waals surface area (Å²) >= 11 is 0. The molecular weight excluding hydrogens is 320 g/mol. The fourth-order valence-electron chi connectivity index (χ4n) is 3.58. The lowest BCUT2D eigenvalue weighted by molar-refractivity contribution is 0.0951. The maximum atomic E-state index is 12.4. The Labute approximate surface area is 154 Å². The van der Waals surface area contributed by atoms with E-state index >= 15 is 0 Å². The maximum Gasteiger partial charge on any atom is 0.251 e. The molecule has 0 saturated carbocycles. The van der Waals surface area contributed by atoms with Crippen LogP contribution in [0.5, 0.6) is 0 Å². The van der Waals surface area contributed by atoms with Gasteiger partial charge < -0.3 is 5.32 Å². The zero-order valence-corrected chi connectivity index (χ0v) is 14.9. The molecule has 1 aliphatic heterocycles. The Balaban J connectivity index is 1.35. The Morgan fingerprint density at radius 1 is 0.846 bits per heavy atom. The van der Waals surface area contributed by atoms with Crippen molar-refractivity contribution in [2.24, 2.45) is 0 Å². The molecule has 0 radical (unpaired) electrons. The summed E-state index contributed by atoms with van der Waals surface area (Å²) in [5, 5.41) is 5.26. The van der Waals surface area contributed by atoms with Crippen LogP contribution >= 0.6 is 0 Å². The molecule has 3 aromatic carbocycles. The zero-order valence-electron chi connectivity index (χ0n) is 14.9. The second-order valence-corrected chi connectivity index (χ2v) is 7.04. The molecule has 1 aliphatic rings. The van der Waals surface area contributed by atoms with Gasteiger partial charge in [-0.2, -0.15) is 0 Å². The van der Waals surface area contributed by atoms with Crippen LogP contribution in [0.25, 0.3) is 10.8 Å². The number of hydrogen-bond acceptors (Lipinski definition) is 2. The molecular formula is C23H24N2O. The Morgan fingerprint density at radius 3 is 2.31 bits per heavy atom. The molecule has 0 atom stereocenters. The van der Waals surface area contributed by atoms with Gasteiger partial charge in [-0.15, -0.1) is 0 Å². The average molecular weight is 344 g/mol. The van der Waals surface area contributed by atoms with Gasteiger partial charge in [0.15, 0.2) is 0 Å². The van der Waals surface area contributed by atoms with Crippen molar-refractivity contribution in [2.45, 2.75) is 25.9 Å². The van der Waals surface area contributed by atoms with E-state index < -0.39 is 0 Å². The highest BCUT2D eigenvalue weighted by molar-refractivity contribution is 5.98. The summed E-state index contributed by atoms with van der Waals surface area (Å²) in [4.78, 5) is 14.9. The van der Waals surface area contributed by atoms with Gasteiger partial charge in [0.25, 0.3) is 5.91 Å². The monoisotopic (exact) mass is 344 g/mol. The lowest BCUT2D eigenvalue weighted by Gasteiger charge is -2.14. The standard InChI is InChI=1S/C23H24N2O/c26-23(22-12-11-20-5-1-2-6-21(20)15-22)24-16-18-7-9-19(10-8-18)17-25-13-3-4-14-25/h1-2,5-12,15H,3-4,13-14,16-17H2,(H,24,26). The van der Waals surface area contributed by atoms with Gasteiger partial charge in [0, 0.05) is 18.7 Å². The third kappa shape index (κ3) is 3.94. The number of carbonyl (C=O) groups excluding carboxylic acids is 1. The summed E-state index contributed by atoms with van der Waals surface area (Å²) in [5.41, 5.74) is 3.18. The van der Waals surface area contributed by atoms with Crippen molar-refractivity contribution in [3.63, 3.8) is 0 Å². The third-order valence-corrected chi connectivity index (χ3v) is 5.09. The molecule has 1 heterocycles. The molecule has 3 heteroatoms. The Kier molecular flexibility index (Phi) is 4.98. The Bertz CT molecular complexity index is 895. The summed E-state index contributed by atoms with van der Waals surface area (Å²) < 4.78 is 0. The summed E-state index contributed by atoms with van der Waals surface area (Å²) in [6.07, 6.45) is 2.64. The normalized spacial score (nSPS) is 14.6. The van der Waals surface area contributed by atoms with Crippen molar-refractivity contribution in [3.8, 4) is 0 Å². The molecule has 0 spiro atoms. The van der Waals surface area contributed by atoms with Gasteiger partial charge in [0.2, 0.25) is 0 Å². The molecule has 3 nitrogen and oxygen atoms in total. The van der Waals surface area contributed by atoms with Crippen molar-refractivity contribution in [1.82, 2.24) is 10.2 Å². The van der Waals surface area contributed by atoms with Crippen LogP contribution in [-0.4, -0.2) is 23.9 Å². The van der Waals surface area contributed by atoms with Gasteiger partial charge in [-0.3, -0.25) is 9.69 Å². The van der Waals surface area contributed by atoms with E-state index in [1.807, 2.05) is 36.4 Å². The highest BCUT2D eigenvalue weighted by atomic mass is 16.1. The van der Waals surface area contributed by atoms with E-state index in [9.17, 15) is 4.79 Å². The largest absolute Gasteiger partial charge is 0.348 e. The number of fused-ring (bicyclic) bond motifs is 1. The van der Waals surface area contributed by atoms with Gasteiger partial charge in [-0.1, -0.05) is 54.6 Å². The predicted molar refractivity (Wildman–Crippen MR) is 106 cm³/mol. The van der Waals surface area contributed by atoms with Crippen LogP contribution in [0.1, 0.15) is 34.3 Å². The second-order valence-electron chi connectivity index (χ2n) is 7.04. The van der Waals surface area contributed by atoms with Crippen molar-refractivity contribution in [3.05, 3.63) is 83.4 Å². The molecule has 0 bridgehead atoms. The molecule has 26 heavy (non-hydrogen) atoms. The fraction of sp³-hybridized carbons (Fsp3) is 0.261. The molecule has 1 amide bonds. The first kappa shape index (κ1) is 16.8. The van der Waals surface area contributed by atoms with Crippen molar-refractivity contribution in [2.75, 3.05) is 13.1 Å². The number of carbonyl (C=O) groups is 1. The minimum Gasteiger partial charge on any atom is -0.348 e. The quantitative estimate of drug-likeness (QED) is 0.745. The van der Waals surface area contributed by atoms with Gasteiger partial charge >= 0.3 is 0 Å². The number of nitrogens with one attached hydrogen (secondary N) is 1. The van der Waals surface area contributed by atoms with E-state index in [-0.39, 0.29) is 5.91 Å². The Hall–Kier alpha value is -2.65. The van der Waals surface area contributed by atoms with Crippen LogP contribution in [-0.2, 0) is 13.1 Å². The van der Waals surface area contributed by atoms with Crippen molar-refractivity contribution in [1.29, 1.82) is 0 Å². The van der Waals surface area contributed by atoms with Crippen LogP contribution in [0, 0.1) is 0 Å². The molecule has 4 rings (SSSR count). The molecule has 3 aromatic rings. The molecule has 0 unspecified atom stereocenters. The summed E-state index contributed by atoms with van der Waals surface area (Å²) in [7, 11) is 0. The van der Waals surface area contributed by atoms with E-state index in [0.29, 0.717) is 12.1 Å². The molecule has 0 aliphatic carbocycles. The lowest BCUT2D eigenvalue weighted by atomic mass is 10.1. The number of rotatable bonds is 5. The van der Waals surface area contributed by atoms with Crippen LogP contribution in [0.2, 0.25) is 0 Å². The second kappa shape index (κ2) is 7.71. The Morgan fingerprint density at radius 2 is 1.54 bits per heavy atom. The van der Waals surface area contributed by atoms with E-state index in [1.165, 1.54) is 31.5 Å². The van der Waals surface area contributed by atoms with Crippen molar-refractivity contribution < 1.29 is 4.79 Å². The SMILES string of the molecule is O=C(NCc1ccc(CN2CCCC2)cc1)c1ccc2ccccc2c1. The first-order valence-electron chi connectivity index (χ1n) is 9.35. The van der Waals surface area contributed by atoms with Crippen LogP contribution in [0.4, 0.5) is 0 Å². The fourth-order valence-corrected chi connectivity index (χ4v) is 3.58. The lowest BCUT2D eigenvalue weighted by Crippen LogP contribution is -2.22. The van der Waals surface area contributed by atoms with E-state index in [1.54, 1.807) is 0 Å². The smallest absolute Gasteiger partial charge is 0.251 e. The van der Waals surface area contributed by atoms with Gasteiger partial charge in [-0.25, -0.2) is 0 Å². The minimum absolute atomic E-state index is 0.0307. The van der Waals surface area contributed by atoms with E-state index in [2.05, 4.69) is 40.5 Å². The number of nitrogens with zero attached hydrogens (tertiary/aromatic N) is 1. The molecule has 1 N–H and O–H groups in total. The van der Waals surface area contributed by atoms with Crippen LogP contribution in [0.3, 0.4) is 0 Å². The molecule has 1 fully saturated rings. The first-order valence-corrected chi connectivity index (χ1v) is 9.35. The van der Waals surface area contributed by atoms with Gasteiger partial charge in [-0.05, 0) is 60.0 Å². The average Bonchev–Trinajstić information content (AvgIpc) is 3.20. The van der Waals surface area contributed by atoms with Gasteiger partial charge in [0.1, 0.15) is 0 Å². The maximum absolute atomic E-state index is 12.4. The number of hydrogen-bond donors (Lipinski definition) is 1. The summed E-state index contributed by atoms with van der Waals surface area (Å²) in [6, 6.07) is 22.5. The van der Waals surface area contributed by atoms with Crippen LogP contribution in [0.15, 0.2) is 66.7 Å². The molecule has 0 aromatic heterocycles. The topological polar surface area (TPSA) is 32.3 Å².